The lowest BCUT2D eigenvalue weighted by atomic mass is 9.77. The number of amides is 1. The largest absolute Gasteiger partial charge is 0.497 e. The summed E-state index contributed by atoms with van der Waals surface area (Å²) in [5.74, 6) is 1.89. The summed E-state index contributed by atoms with van der Waals surface area (Å²) < 4.78 is 5.16. The number of rotatable bonds is 18. The van der Waals surface area contributed by atoms with Gasteiger partial charge in [-0.15, -0.1) is 11.8 Å². The van der Waals surface area contributed by atoms with Crippen LogP contribution >= 0.6 is 11.8 Å². The molecule has 5 heteroatoms. The van der Waals surface area contributed by atoms with Crippen LogP contribution in [0, 0.1) is 0 Å². The summed E-state index contributed by atoms with van der Waals surface area (Å²) in [6, 6.07) is 61.7. The summed E-state index contributed by atoms with van der Waals surface area (Å²) in [5, 5.41) is 7.04. The molecule has 0 aliphatic heterocycles. The number of carbonyl (C=O) groups is 1. The summed E-state index contributed by atoms with van der Waals surface area (Å²) in [6.07, 6.45) is 3.41. The predicted molar refractivity (Wildman–Crippen MR) is 217 cm³/mol. The van der Waals surface area contributed by atoms with Crippen molar-refractivity contribution in [1.82, 2.24) is 10.6 Å². The molecule has 4 nitrogen and oxygen atoms in total. The van der Waals surface area contributed by atoms with Crippen molar-refractivity contribution in [3.63, 3.8) is 0 Å². The van der Waals surface area contributed by atoms with Crippen LogP contribution in [-0.2, 0) is 15.1 Å². The average molecular weight is 705 g/mol. The van der Waals surface area contributed by atoms with Crippen molar-refractivity contribution >= 4 is 17.7 Å². The van der Waals surface area contributed by atoms with E-state index in [0.717, 1.165) is 47.5 Å². The van der Waals surface area contributed by atoms with Crippen LogP contribution in [0.25, 0.3) is 0 Å². The Bertz CT molecular complexity index is 1780. The van der Waals surface area contributed by atoms with E-state index >= 15 is 0 Å². The maximum Gasteiger partial charge on any atom is 0.220 e. The van der Waals surface area contributed by atoms with Gasteiger partial charge < -0.3 is 10.1 Å². The zero-order valence-corrected chi connectivity index (χ0v) is 30.7. The third-order valence-electron chi connectivity index (χ3n) is 9.68. The van der Waals surface area contributed by atoms with Gasteiger partial charge in [-0.3, -0.25) is 10.1 Å². The van der Waals surface area contributed by atoms with Crippen molar-refractivity contribution in [3.8, 4) is 5.75 Å². The van der Waals surface area contributed by atoms with Crippen molar-refractivity contribution in [2.45, 2.75) is 36.0 Å². The van der Waals surface area contributed by atoms with E-state index in [1.54, 1.807) is 7.11 Å². The van der Waals surface area contributed by atoms with Crippen LogP contribution in [0.15, 0.2) is 176 Å². The molecule has 0 unspecified atom stereocenters. The molecule has 0 saturated carbocycles. The lowest BCUT2D eigenvalue weighted by Crippen LogP contribution is -2.47. The van der Waals surface area contributed by atoms with Gasteiger partial charge in [0.05, 0.1) is 17.4 Å². The number of benzene rings is 6. The molecule has 2 N–H and O–H groups in total. The zero-order valence-electron chi connectivity index (χ0n) is 29.9. The third-order valence-corrected chi connectivity index (χ3v) is 11.3. The van der Waals surface area contributed by atoms with Gasteiger partial charge in [-0.2, -0.15) is 0 Å². The summed E-state index contributed by atoms with van der Waals surface area (Å²) >= 11 is 1.99. The molecule has 6 rings (SSSR count). The molecule has 0 heterocycles. The van der Waals surface area contributed by atoms with Crippen LogP contribution in [0.5, 0.6) is 5.75 Å². The highest BCUT2D eigenvalue weighted by Gasteiger charge is 2.37. The van der Waals surface area contributed by atoms with Crippen LogP contribution in [0.2, 0.25) is 0 Å². The molecule has 0 atom stereocenters. The Labute approximate surface area is 313 Å². The molecule has 0 aromatic heterocycles. The fraction of sp³-hybridized carbons (Fsp3) is 0.213. The van der Waals surface area contributed by atoms with E-state index in [-0.39, 0.29) is 10.7 Å². The molecular weight excluding hydrogens is 657 g/mol. The summed E-state index contributed by atoms with van der Waals surface area (Å²) in [7, 11) is 1.69. The minimum absolute atomic E-state index is 0.0936. The van der Waals surface area contributed by atoms with Crippen molar-refractivity contribution in [2.75, 3.05) is 26.0 Å². The van der Waals surface area contributed by atoms with Gasteiger partial charge in [0.25, 0.3) is 0 Å². The molecule has 6 aromatic carbocycles. The molecule has 1 amide bonds. The van der Waals surface area contributed by atoms with Gasteiger partial charge in [0, 0.05) is 19.5 Å². The van der Waals surface area contributed by atoms with Crippen molar-refractivity contribution in [3.05, 3.63) is 209 Å². The molecule has 0 spiro atoms. The Morgan fingerprint density at radius 1 is 0.519 bits per heavy atom. The van der Waals surface area contributed by atoms with Gasteiger partial charge >= 0.3 is 0 Å². The van der Waals surface area contributed by atoms with Gasteiger partial charge in [-0.1, -0.05) is 170 Å². The smallest absolute Gasteiger partial charge is 0.220 e. The maximum atomic E-state index is 13.0. The van der Waals surface area contributed by atoms with E-state index in [1.807, 2.05) is 36.0 Å². The molecule has 0 aliphatic rings. The van der Waals surface area contributed by atoms with Crippen LogP contribution in [-0.4, -0.2) is 31.9 Å². The highest BCUT2D eigenvalue weighted by molar-refractivity contribution is 8.00. The summed E-state index contributed by atoms with van der Waals surface area (Å²) in [5.41, 5.74) is 6.59. The molecule has 0 aliphatic carbocycles. The minimum atomic E-state index is -0.605. The first-order valence-corrected chi connectivity index (χ1v) is 19.2. The minimum Gasteiger partial charge on any atom is -0.497 e. The second kappa shape index (κ2) is 18.4. The molecule has 52 heavy (non-hydrogen) atoms. The molecule has 0 saturated heterocycles. The second-order valence-corrected chi connectivity index (χ2v) is 14.2. The number of hydrogen-bond acceptors (Lipinski definition) is 4. The Balaban J connectivity index is 1.05. The summed E-state index contributed by atoms with van der Waals surface area (Å²) in [6.45, 7) is 1.12. The van der Waals surface area contributed by atoms with Crippen molar-refractivity contribution < 1.29 is 9.53 Å². The molecule has 6 aromatic rings. The Morgan fingerprint density at radius 3 is 1.38 bits per heavy atom. The lowest BCUT2D eigenvalue weighted by Gasteiger charge is -2.37. The van der Waals surface area contributed by atoms with E-state index in [2.05, 4.69) is 162 Å². The van der Waals surface area contributed by atoms with Gasteiger partial charge in [-0.05, 0) is 64.1 Å². The van der Waals surface area contributed by atoms with Gasteiger partial charge in [0.1, 0.15) is 5.75 Å². The maximum absolute atomic E-state index is 13.0. The van der Waals surface area contributed by atoms with E-state index in [9.17, 15) is 4.79 Å². The first-order valence-electron chi connectivity index (χ1n) is 18.2. The predicted octanol–water partition coefficient (Wildman–Crippen LogP) is 9.98. The number of ether oxygens (including phenoxy) is 1. The fourth-order valence-electron chi connectivity index (χ4n) is 7.12. The van der Waals surface area contributed by atoms with Crippen molar-refractivity contribution in [2.24, 2.45) is 0 Å². The van der Waals surface area contributed by atoms with Gasteiger partial charge in [-0.25, -0.2) is 0 Å². The number of methoxy groups -OCH3 is 1. The zero-order chi connectivity index (χ0) is 35.9. The van der Waals surface area contributed by atoms with Crippen LogP contribution in [0.3, 0.4) is 0 Å². The van der Waals surface area contributed by atoms with Crippen LogP contribution in [0.4, 0.5) is 0 Å². The Morgan fingerprint density at radius 2 is 0.942 bits per heavy atom. The molecule has 264 valence electrons. The van der Waals surface area contributed by atoms with Gasteiger partial charge in [0.2, 0.25) is 5.91 Å². The van der Waals surface area contributed by atoms with E-state index in [1.165, 1.54) is 16.7 Å². The van der Waals surface area contributed by atoms with E-state index in [0.29, 0.717) is 19.5 Å². The standard InChI is InChI=1S/C47H48N2O2S/c1-51-44-33-31-40(32-34-44)46(38-20-8-2-9-21-38,39-22-10-3-11-23-39)49-36-35-48-45(50)30-18-7-19-37-52-47(41-24-12-4-13-25-41,42-26-14-5-15-27-42)43-28-16-6-17-29-43/h2-6,8-17,20-29,31-34,49H,7,18-19,30,35-37H2,1H3,(H,48,50). The second-order valence-electron chi connectivity index (χ2n) is 12.9. The van der Waals surface area contributed by atoms with Crippen LogP contribution < -0.4 is 15.4 Å². The first-order chi connectivity index (χ1) is 25.7. The molecule has 0 radical (unpaired) electrons. The number of nitrogens with one attached hydrogen (secondary N) is 2. The fourth-order valence-corrected chi connectivity index (χ4v) is 8.68. The quantitative estimate of drug-likeness (QED) is 0.0691. The van der Waals surface area contributed by atoms with Crippen LogP contribution in [0.1, 0.15) is 59.1 Å². The Kier molecular flexibility index (Phi) is 13.0. The summed E-state index contributed by atoms with van der Waals surface area (Å²) in [4.78, 5) is 13.0. The molecule has 0 fully saturated rings. The average Bonchev–Trinajstić information content (AvgIpc) is 3.22. The SMILES string of the molecule is COc1ccc(C(NCCNC(=O)CCCCCSC(c2ccccc2)(c2ccccc2)c2ccccc2)(c2ccccc2)c2ccccc2)cc1. The normalized spacial score (nSPS) is 11.6. The highest BCUT2D eigenvalue weighted by atomic mass is 32.2. The van der Waals surface area contributed by atoms with E-state index < -0.39 is 5.54 Å². The molecular formula is C47H48N2O2S. The number of unbranched alkanes of at least 4 members (excludes halogenated alkanes) is 2. The monoisotopic (exact) mass is 704 g/mol. The number of thioether (sulfide) groups is 1. The molecule has 0 bridgehead atoms. The number of carbonyl (C=O) groups excluding carboxylic acids is 1. The highest BCUT2D eigenvalue weighted by Crippen LogP contribution is 2.48. The van der Waals surface area contributed by atoms with Gasteiger partial charge in [0.15, 0.2) is 0 Å². The third kappa shape index (κ3) is 8.50. The first kappa shape index (κ1) is 36.7. The Hall–Kier alpha value is -5.10. The topological polar surface area (TPSA) is 50.4 Å². The van der Waals surface area contributed by atoms with Crippen molar-refractivity contribution in [1.29, 1.82) is 0 Å². The van der Waals surface area contributed by atoms with E-state index in [4.69, 9.17) is 4.74 Å². The lowest BCUT2D eigenvalue weighted by molar-refractivity contribution is -0.121. The number of hydrogen-bond donors (Lipinski definition) is 2.